The number of amides is 1. The highest BCUT2D eigenvalue weighted by atomic mass is 16.4. The number of aromatic nitrogens is 2. The second-order valence-corrected chi connectivity index (χ2v) is 5.07. The fraction of sp³-hybridized carbons (Fsp3) is 0.118. The van der Waals surface area contributed by atoms with Crippen LogP contribution in [-0.4, -0.2) is 32.9 Å². The first kappa shape index (κ1) is 14.8. The number of imidazole rings is 1. The molecule has 1 amide bonds. The molecule has 2 aromatic heterocycles. The largest absolute Gasteiger partial charge is 0.481 e. The number of aliphatic carboxylic acids is 1. The van der Waals surface area contributed by atoms with E-state index in [1.807, 2.05) is 40.9 Å². The summed E-state index contributed by atoms with van der Waals surface area (Å²) in [5.41, 5.74) is 2.94. The number of fused-ring (bicyclic) bond motifs is 1. The molecule has 116 valence electrons. The number of rotatable bonds is 5. The maximum absolute atomic E-state index is 12.0. The summed E-state index contributed by atoms with van der Waals surface area (Å²) in [7, 11) is 0. The number of carbonyl (C=O) groups is 2. The van der Waals surface area contributed by atoms with E-state index in [0.717, 1.165) is 11.3 Å². The summed E-state index contributed by atoms with van der Waals surface area (Å²) in [4.78, 5) is 27.0. The quantitative estimate of drug-likeness (QED) is 0.757. The van der Waals surface area contributed by atoms with Crippen LogP contribution in [0.2, 0.25) is 0 Å². The van der Waals surface area contributed by atoms with Gasteiger partial charge in [-0.05, 0) is 12.1 Å². The number of pyridine rings is 1. The van der Waals surface area contributed by atoms with Gasteiger partial charge in [-0.1, -0.05) is 30.3 Å². The van der Waals surface area contributed by atoms with Crippen LogP contribution in [0.1, 0.15) is 16.8 Å². The molecule has 0 fully saturated rings. The van der Waals surface area contributed by atoms with Crippen LogP contribution in [-0.2, 0) is 4.79 Å². The molecule has 0 unspecified atom stereocenters. The number of nitrogens with zero attached hydrogens (tertiary/aromatic N) is 2. The van der Waals surface area contributed by atoms with E-state index in [4.69, 9.17) is 5.11 Å². The second kappa shape index (κ2) is 6.31. The fourth-order valence-electron chi connectivity index (χ4n) is 2.26. The normalized spacial score (nSPS) is 10.6. The van der Waals surface area contributed by atoms with Crippen molar-refractivity contribution in [3.8, 4) is 11.3 Å². The molecule has 6 nitrogen and oxygen atoms in total. The standard InChI is InChI=1S/C17H15N3O3/c21-16(22)6-8-18-17(23)13-7-9-20-11-14(19-15(20)10-13)12-4-2-1-3-5-12/h1-5,7,9-11H,6,8H2,(H,18,23)(H,21,22). The van der Waals surface area contributed by atoms with Crippen molar-refractivity contribution in [1.82, 2.24) is 14.7 Å². The first-order valence-corrected chi connectivity index (χ1v) is 7.17. The molecular weight excluding hydrogens is 294 g/mol. The smallest absolute Gasteiger partial charge is 0.305 e. The van der Waals surface area contributed by atoms with E-state index in [0.29, 0.717) is 11.2 Å². The van der Waals surface area contributed by atoms with Crippen LogP contribution in [0.15, 0.2) is 54.9 Å². The number of hydrogen-bond donors (Lipinski definition) is 2. The molecule has 3 rings (SSSR count). The molecule has 1 aromatic carbocycles. The number of carboxylic acid groups (broad SMARTS) is 1. The van der Waals surface area contributed by atoms with Gasteiger partial charge in [0.15, 0.2) is 0 Å². The topological polar surface area (TPSA) is 83.7 Å². The average Bonchev–Trinajstić information content (AvgIpc) is 2.98. The SMILES string of the molecule is O=C(O)CCNC(=O)c1ccn2cc(-c3ccccc3)nc2c1. The Labute approximate surface area is 132 Å². The van der Waals surface area contributed by atoms with Gasteiger partial charge in [0.25, 0.3) is 5.91 Å². The van der Waals surface area contributed by atoms with Gasteiger partial charge in [0.1, 0.15) is 5.65 Å². The highest BCUT2D eigenvalue weighted by molar-refractivity contribution is 5.95. The minimum Gasteiger partial charge on any atom is -0.481 e. The monoisotopic (exact) mass is 309 g/mol. The van der Waals surface area contributed by atoms with Crippen LogP contribution >= 0.6 is 0 Å². The van der Waals surface area contributed by atoms with Crippen molar-refractivity contribution in [2.45, 2.75) is 6.42 Å². The molecule has 6 heteroatoms. The van der Waals surface area contributed by atoms with E-state index in [9.17, 15) is 9.59 Å². The predicted molar refractivity (Wildman–Crippen MR) is 85.2 cm³/mol. The number of benzene rings is 1. The Kier molecular flexibility index (Phi) is 4.05. The van der Waals surface area contributed by atoms with E-state index >= 15 is 0 Å². The van der Waals surface area contributed by atoms with E-state index in [1.54, 1.807) is 18.3 Å². The Morgan fingerprint density at radius 1 is 1.17 bits per heavy atom. The van der Waals surface area contributed by atoms with Crippen LogP contribution in [0.5, 0.6) is 0 Å². The second-order valence-electron chi connectivity index (χ2n) is 5.07. The van der Waals surface area contributed by atoms with Gasteiger partial charge in [-0.3, -0.25) is 9.59 Å². The van der Waals surface area contributed by atoms with Gasteiger partial charge in [-0.2, -0.15) is 0 Å². The van der Waals surface area contributed by atoms with Gasteiger partial charge >= 0.3 is 5.97 Å². The molecule has 0 radical (unpaired) electrons. The van der Waals surface area contributed by atoms with Crippen molar-refractivity contribution in [3.05, 3.63) is 60.4 Å². The molecule has 0 bridgehead atoms. The van der Waals surface area contributed by atoms with Crippen LogP contribution in [0, 0.1) is 0 Å². The van der Waals surface area contributed by atoms with E-state index < -0.39 is 5.97 Å². The van der Waals surface area contributed by atoms with Crippen LogP contribution in [0.25, 0.3) is 16.9 Å². The zero-order chi connectivity index (χ0) is 16.2. The summed E-state index contributed by atoms with van der Waals surface area (Å²) in [6.45, 7) is 0.100. The molecule has 0 saturated heterocycles. The van der Waals surface area contributed by atoms with E-state index in [1.165, 1.54) is 0 Å². The predicted octanol–water partition coefficient (Wildman–Crippen LogP) is 2.21. The highest BCUT2D eigenvalue weighted by Crippen LogP contribution is 2.19. The Bertz CT molecular complexity index is 856. The molecule has 3 aromatic rings. The third-order valence-corrected chi connectivity index (χ3v) is 3.42. The van der Waals surface area contributed by atoms with Crippen LogP contribution < -0.4 is 5.32 Å². The Hall–Kier alpha value is -3.15. The average molecular weight is 309 g/mol. The zero-order valence-corrected chi connectivity index (χ0v) is 12.3. The van der Waals surface area contributed by atoms with Crippen molar-refractivity contribution < 1.29 is 14.7 Å². The Morgan fingerprint density at radius 3 is 2.70 bits per heavy atom. The molecule has 23 heavy (non-hydrogen) atoms. The molecule has 0 aliphatic carbocycles. The Balaban J connectivity index is 1.82. The van der Waals surface area contributed by atoms with Crippen LogP contribution in [0.3, 0.4) is 0 Å². The van der Waals surface area contributed by atoms with Crippen molar-refractivity contribution in [2.75, 3.05) is 6.54 Å². The summed E-state index contributed by atoms with van der Waals surface area (Å²) >= 11 is 0. The number of carbonyl (C=O) groups excluding carboxylic acids is 1. The lowest BCUT2D eigenvalue weighted by Gasteiger charge is -2.03. The summed E-state index contributed by atoms with van der Waals surface area (Å²) in [6, 6.07) is 13.1. The lowest BCUT2D eigenvalue weighted by molar-refractivity contribution is -0.136. The van der Waals surface area contributed by atoms with E-state index in [-0.39, 0.29) is 18.9 Å². The maximum Gasteiger partial charge on any atom is 0.305 e. The minimum atomic E-state index is -0.943. The van der Waals surface area contributed by atoms with Gasteiger partial charge in [-0.15, -0.1) is 0 Å². The molecule has 0 saturated carbocycles. The van der Waals surface area contributed by atoms with Crippen molar-refractivity contribution in [2.24, 2.45) is 0 Å². The summed E-state index contributed by atoms with van der Waals surface area (Å²) in [5, 5.41) is 11.2. The van der Waals surface area contributed by atoms with Gasteiger partial charge in [-0.25, -0.2) is 4.98 Å². The Morgan fingerprint density at radius 2 is 1.96 bits per heavy atom. The maximum atomic E-state index is 12.0. The van der Waals surface area contributed by atoms with Crippen LogP contribution in [0.4, 0.5) is 0 Å². The molecule has 0 atom stereocenters. The van der Waals surface area contributed by atoms with Gasteiger partial charge < -0.3 is 14.8 Å². The molecule has 0 aliphatic heterocycles. The third-order valence-electron chi connectivity index (χ3n) is 3.42. The molecular formula is C17H15N3O3. The first-order chi connectivity index (χ1) is 11.1. The molecule has 2 heterocycles. The first-order valence-electron chi connectivity index (χ1n) is 7.17. The van der Waals surface area contributed by atoms with E-state index in [2.05, 4.69) is 10.3 Å². The zero-order valence-electron chi connectivity index (χ0n) is 12.3. The van der Waals surface area contributed by atoms with Crippen molar-refractivity contribution in [3.63, 3.8) is 0 Å². The molecule has 2 N–H and O–H groups in total. The molecule has 0 aliphatic rings. The summed E-state index contributed by atoms with van der Waals surface area (Å²) in [5.74, 6) is -1.25. The highest BCUT2D eigenvalue weighted by Gasteiger charge is 2.09. The lowest BCUT2D eigenvalue weighted by Crippen LogP contribution is -2.26. The molecule has 0 spiro atoms. The fourth-order valence-corrected chi connectivity index (χ4v) is 2.26. The van der Waals surface area contributed by atoms with Crippen molar-refractivity contribution in [1.29, 1.82) is 0 Å². The van der Waals surface area contributed by atoms with Gasteiger partial charge in [0.2, 0.25) is 0 Å². The number of hydrogen-bond acceptors (Lipinski definition) is 3. The van der Waals surface area contributed by atoms with Gasteiger partial charge in [0, 0.05) is 30.1 Å². The van der Waals surface area contributed by atoms with Crippen molar-refractivity contribution >= 4 is 17.5 Å². The summed E-state index contributed by atoms with van der Waals surface area (Å²) in [6.07, 6.45) is 3.56. The third kappa shape index (κ3) is 3.37. The minimum absolute atomic E-state index is 0.100. The number of nitrogens with one attached hydrogen (secondary N) is 1. The lowest BCUT2D eigenvalue weighted by atomic mass is 10.2. The van der Waals surface area contributed by atoms with Gasteiger partial charge in [0.05, 0.1) is 12.1 Å². The summed E-state index contributed by atoms with van der Waals surface area (Å²) < 4.78 is 1.84. The number of carboxylic acids is 1.